The number of pyridine rings is 2. The summed E-state index contributed by atoms with van der Waals surface area (Å²) in [7, 11) is 0. The number of phenols is 2. The first-order chi connectivity index (χ1) is 17.7. The summed E-state index contributed by atoms with van der Waals surface area (Å²) in [5.74, 6) is -1.65. The van der Waals surface area contributed by atoms with Gasteiger partial charge in [-0.1, -0.05) is 24.3 Å². The monoisotopic (exact) mass is 512 g/mol. The van der Waals surface area contributed by atoms with Crippen molar-refractivity contribution in [3.05, 3.63) is 95.8 Å². The second kappa shape index (κ2) is 12.8. The van der Waals surface area contributed by atoms with Crippen molar-refractivity contribution in [2.45, 2.75) is 20.1 Å². The van der Waals surface area contributed by atoms with E-state index in [-0.39, 0.29) is 48.0 Å². The van der Waals surface area contributed by atoms with Gasteiger partial charge >= 0.3 is 5.97 Å². The average molecular weight is 512 g/mol. The minimum atomic E-state index is -0.673. The van der Waals surface area contributed by atoms with Crippen molar-refractivity contribution in [3.63, 3.8) is 0 Å². The van der Waals surface area contributed by atoms with Crippen molar-refractivity contribution in [3.8, 4) is 34.8 Å². The zero-order valence-electron chi connectivity index (χ0n) is 19.5. The Labute approximate surface area is 210 Å². The van der Waals surface area contributed by atoms with Crippen LogP contribution in [0.25, 0.3) is 0 Å². The molecular weight excluding hydrogens is 490 g/mol. The summed E-state index contributed by atoms with van der Waals surface area (Å²) in [4.78, 5) is 17.7. The summed E-state index contributed by atoms with van der Waals surface area (Å²) in [5.41, 5.74) is 1.17. The van der Waals surface area contributed by atoms with Crippen molar-refractivity contribution < 1.29 is 43.1 Å². The molecule has 9 nitrogen and oxygen atoms in total. The lowest BCUT2D eigenvalue weighted by Crippen LogP contribution is -1.98. The SMILES string of the molecule is CC(=O)OCc1ccc(Oc2cccc(F)n2)c(O)c1.OCc1ccc(Oc2cccc(F)n2)c(O)c1. The topological polar surface area (TPSA) is 131 Å². The van der Waals surface area contributed by atoms with Crippen LogP contribution in [0.1, 0.15) is 18.1 Å². The highest BCUT2D eigenvalue weighted by molar-refractivity contribution is 5.66. The highest BCUT2D eigenvalue weighted by Gasteiger charge is 2.08. The van der Waals surface area contributed by atoms with Gasteiger partial charge < -0.3 is 29.5 Å². The molecule has 0 aliphatic heterocycles. The molecule has 0 aliphatic rings. The molecular formula is C26H22F2N2O7. The third-order valence-electron chi connectivity index (χ3n) is 4.48. The Morgan fingerprint density at radius 3 is 1.70 bits per heavy atom. The quantitative estimate of drug-likeness (QED) is 0.231. The van der Waals surface area contributed by atoms with E-state index < -0.39 is 17.9 Å². The molecule has 0 saturated carbocycles. The molecule has 0 bridgehead atoms. The molecule has 37 heavy (non-hydrogen) atoms. The standard InChI is InChI=1S/C14H12FNO4.C12H10FNO3/c1-9(17)19-8-10-5-6-12(11(18)7-10)20-14-4-2-3-13(15)16-14;13-11-2-1-3-12(14-11)17-10-5-4-8(7-15)6-9(10)16/h2-7,18H,8H2,1H3;1-6,15-16H,7H2. The maximum absolute atomic E-state index is 12.9. The molecule has 3 N–H and O–H groups in total. The van der Waals surface area contributed by atoms with Crippen molar-refractivity contribution in [2.24, 2.45) is 0 Å². The molecule has 4 aromatic rings. The van der Waals surface area contributed by atoms with E-state index in [4.69, 9.17) is 19.3 Å². The van der Waals surface area contributed by atoms with Gasteiger partial charge in [0.05, 0.1) is 6.61 Å². The van der Waals surface area contributed by atoms with E-state index in [1.165, 1.54) is 67.6 Å². The zero-order valence-corrected chi connectivity index (χ0v) is 19.5. The maximum atomic E-state index is 12.9. The number of carbonyl (C=O) groups excluding carboxylic acids is 1. The second-order valence-electron chi connectivity index (χ2n) is 7.34. The number of aliphatic hydroxyl groups is 1. The van der Waals surface area contributed by atoms with Crippen LogP contribution in [0, 0.1) is 11.9 Å². The molecule has 0 saturated heterocycles. The summed E-state index contributed by atoms with van der Waals surface area (Å²) >= 11 is 0. The molecule has 11 heteroatoms. The summed E-state index contributed by atoms with van der Waals surface area (Å²) in [5, 5.41) is 28.3. The normalized spacial score (nSPS) is 10.2. The third kappa shape index (κ3) is 8.44. The molecule has 0 amide bonds. The molecule has 2 heterocycles. The number of phenolic OH excluding ortho intramolecular Hbond substituents is 2. The molecule has 0 unspecified atom stereocenters. The number of nitrogens with zero attached hydrogens (tertiary/aromatic N) is 2. The molecule has 192 valence electrons. The van der Waals surface area contributed by atoms with Gasteiger partial charge in [0, 0.05) is 19.1 Å². The van der Waals surface area contributed by atoms with Crippen LogP contribution < -0.4 is 9.47 Å². The van der Waals surface area contributed by atoms with Gasteiger partial charge in [-0.2, -0.15) is 18.7 Å². The first kappa shape index (κ1) is 26.8. The van der Waals surface area contributed by atoms with Crippen LogP contribution >= 0.6 is 0 Å². The third-order valence-corrected chi connectivity index (χ3v) is 4.48. The minimum Gasteiger partial charge on any atom is -0.504 e. The van der Waals surface area contributed by atoms with Crippen molar-refractivity contribution in [1.82, 2.24) is 9.97 Å². The van der Waals surface area contributed by atoms with E-state index in [1.807, 2.05) is 0 Å². The molecule has 0 atom stereocenters. The molecule has 4 rings (SSSR count). The number of benzene rings is 2. The fourth-order valence-corrected chi connectivity index (χ4v) is 2.79. The van der Waals surface area contributed by atoms with Crippen LogP contribution in [0.15, 0.2) is 72.8 Å². The first-order valence-electron chi connectivity index (χ1n) is 10.7. The van der Waals surface area contributed by atoms with E-state index in [0.717, 1.165) is 0 Å². The Bertz CT molecular complexity index is 1370. The van der Waals surface area contributed by atoms with Crippen LogP contribution in [-0.2, 0) is 22.7 Å². The fraction of sp³-hybridized carbons (Fsp3) is 0.115. The smallest absolute Gasteiger partial charge is 0.302 e. The number of aliphatic hydroxyl groups excluding tert-OH is 1. The van der Waals surface area contributed by atoms with E-state index in [0.29, 0.717) is 11.1 Å². The van der Waals surface area contributed by atoms with Crippen molar-refractivity contribution in [1.29, 1.82) is 0 Å². The van der Waals surface area contributed by atoms with Crippen LogP contribution in [-0.4, -0.2) is 31.3 Å². The summed E-state index contributed by atoms with van der Waals surface area (Å²) in [6.07, 6.45) is 0. The number of ether oxygens (including phenoxy) is 3. The lowest BCUT2D eigenvalue weighted by molar-refractivity contribution is -0.142. The Morgan fingerprint density at radius 2 is 1.27 bits per heavy atom. The van der Waals surface area contributed by atoms with Gasteiger partial charge in [-0.05, 0) is 47.5 Å². The van der Waals surface area contributed by atoms with Crippen molar-refractivity contribution in [2.75, 3.05) is 0 Å². The van der Waals surface area contributed by atoms with Gasteiger partial charge in [0.2, 0.25) is 23.7 Å². The van der Waals surface area contributed by atoms with Gasteiger partial charge in [0.15, 0.2) is 23.0 Å². The van der Waals surface area contributed by atoms with E-state index >= 15 is 0 Å². The predicted octanol–water partition coefficient (Wildman–Crippen LogP) is 4.99. The Kier molecular flexibility index (Phi) is 9.28. The molecule has 2 aromatic carbocycles. The number of esters is 1. The van der Waals surface area contributed by atoms with Crippen LogP contribution in [0.2, 0.25) is 0 Å². The molecule has 0 fully saturated rings. The molecule has 0 spiro atoms. The second-order valence-corrected chi connectivity index (χ2v) is 7.34. The number of rotatable bonds is 7. The molecule has 0 aliphatic carbocycles. The number of aromatic nitrogens is 2. The van der Waals surface area contributed by atoms with Crippen LogP contribution in [0.5, 0.6) is 34.8 Å². The predicted molar refractivity (Wildman–Crippen MR) is 126 cm³/mol. The van der Waals surface area contributed by atoms with Crippen LogP contribution in [0.3, 0.4) is 0 Å². The maximum Gasteiger partial charge on any atom is 0.302 e. The van der Waals surface area contributed by atoms with E-state index in [2.05, 4.69) is 9.97 Å². The lowest BCUT2D eigenvalue weighted by atomic mass is 10.2. The Balaban J connectivity index is 0.000000208. The van der Waals surface area contributed by atoms with Gasteiger partial charge in [-0.25, -0.2) is 0 Å². The Hall–Kier alpha value is -4.77. The number of aromatic hydroxyl groups is 2. The lowest BCUT2D eigenvalue weighted by Gasteiger charge is -2.08. The number of halogens is 2. The summed E-state index contributed by atoms with van der Waals surface area (Å²) in [6, 6.07) is 17.2. The van der Waals surface area contributed by atoms with Gasteiger partial charge in [-0.3, -0.25) is 4.79 Å². The summed E-state index contributed by atoms with van der Waals surface area (Å²) in [6.45, 7) is 1.18. The molecule has 0 radical (unpaired) electrons. The van der Waals surface area contributed by atoms with Gasteiger partial charge in [0.25, 0.3) is 0 Å². The number of hydrogen-bond donors (Lipinski definition) is 3. The highest BCUT2D eigenvalue weighted by Crippen LogP contribution is 2.31. The van der Waals surface area contributed by atoms with E-state index in [9.17, 15) is 23.8 Å². The van der Waals surface area contributed by atoms with E-state index in [1.54, 1.807) is 12.1 Å². The van der Waals surface area contributed by atoms with Crippen molar-refractivity contribution >= 4 is 5.97 Å². The van der Waals surface area contributed by atoms with Gasteiger partial charge in [-0.15, -0.1) is 0 Å². The largest absolute Gasteiger partial charge is 0.504 e. The molecule has 2 aromatic heterocycles. The number of hydrogen-bond acceptors (Lipinski definition) is 9. The average Bonchev–Trinajstić information content (AvgIpc) is 2.86. The summed E-state index contributed by atoms with van der Waals surface area (Å²) < 4.78 is 41.0. The fourth-order valence-electron chi connectivity index (χ4n) is 2.79. The highest BCUT2D eigenvalue weighted by atomic mass is 19.1. The zero-order chi connectivity index (χ0) is 26.8. The van der Waals surface area contributed by atoms with Crippen LogP contribution in [0.4, 0.5) is 8.78 Å². The Morgan fingerprint density at radius 1 is 0.784 bits per heavy atom. The van der Waals surface area contributed by atoms with Gasteiger partial charge in [0.1, 0.15) is 6.61 Å². The number of carbonyl (C=O) groups is 1. The first-order valence-corrected chi connectivity index (χ1v) is 10.7. The minimum absolute atomic E-state index is 0.0352.